The summed E-state index contributed by atoms with van der Waals surface area (Å²) in [5.41, 5.74) is -0.558. The third kappa shape index (κ3) is 3.12. The molecule has 1 aliphatic heterocycles. The van der Waals surface area contributed by atoms with Crippen molar-refractivity contribution in [3.8, 4) is 0 Å². The fraction of sp³-hybridized carbons (Fsp3) is 0.769. The summed E-state index contributed by atoms with van der Waals surface area (Å²) in [5, 5.41) is 17.7. The minimum absolute atomic E-state index is 0.0758. The monoisotopic (exact) mass is 266 g/mol. The van der Waals surface area contributed by atoms with Crippen LogP contribution in [0.1, 0.15) is 51.8 Å². The topological polar surface area (TPSA) is 71.2 Å². The first kappa shape index (κ1) is 14.0. The highest BCUT2D eigenvalue weighted by Gasteiger charge is 2.26. The molecule has 1 fully saturated rings. The Bertz CT molecular complexity index is 444. The van der Waals surface area contributed by atoms with Crippen molar-refractivity contribution in [3.63, 3.8) is 0 Å². The molecule has 2 heterocycles. The van der Waals surface area contributed by atoms with Crippen LogP contribution >= 0.6 is 0 Å². The molecule has 1 N–H and O–H groups in total. The van der Waals surface area contributed by atoms with Crippen molar-refractivity contribution in [2.75, 3.05) is 13.1 Å². The van der Waals surface area contributed by atoms with E-state index in [0.29, 0.717) is 5.69 Å². The van der Waals surface area contributed by atoms with Crippen molar-refractivity contribution in [1.82, 2.24) is 19.9 Å². The van der Waals surface area contributed by atoms with Crippen molar-refractivity contribution < 1.29 is 9.90 Å². The molecule has 0 aliphatic carbocycles. The van der Waals surface area contributed by atoms with Crippen LogP contribution in [0.15, 0.2) is 6.20 Å². The van der Waals surface area contributed by atoms with Crippen LogP contribution in [-0.4, -0.2) is 44.0 Å². The van der Waals surface area contributed by atoms with E-state index in [4.69, 9.17) is 0 Å². The molecule has 6 heteroatoms. The summed E-state index contributed by atoms with van der Waals surface area (Å²) in [6.45, 7) is 6.78. The van der Waals surface area contributed by atoms with Crippen molar-refractivity contribution >= 4 is 5.91 Å². The number of piperidine rings is 1. The molecule has 1 aliphatic rings. The van der Waals surface area contributed by atoms with Gasteiger partial charge in [-0.25, -0.2) is 4.68 Å². The Morgan fingerprint density at radius 3 is 2.53 bits per heavy atom. The van der Waals surface area contributed by atoms with Crippen LogP contribution in [0.3, 0.4) is 0 Å². The second-order valence-electron chi connectivity index (χ2n) is 5.70. The van der Waals surface area contributed by atoms with Gasteiger partial charge >= 0.3 is 0 Å². The molecule has 1 aromatic heterocycles. The average Bonchev–Trinajstić information content (AvgIpc) is 2.87. The zero-order valence-electron chi connectivity index (χ0n) is 11.8. The molecule has 106 valence electrons. The van der Waals surface area contributed by atoms with Gasteiger partial charge in [-0.1, -0.05) is 5.21 Å². The standard InChI is InChI=1S/C13H22N4O2/c1-10(12(18)16-7-5-4-6-8-16)17-9-11(14-15-17)13(2,3)19/h9-10,19H,4-8H2,1-3H3. The summed E-state index contributed by atoms with van der Waals surface area (Å²) in [6.07, 6.45) is 4.99. The summed E-state index contributed by atoms with van der Waals surface area (Å²) >= 11 is 0. The van der Waals surface area contributed by atoms with Gasteiger partial charge in [-0.2, -0.15) is 0 Å². The van der Waals surface area contributed by atoms with Gasteiger partial charge in [0.2, 0.25) is 5.91 Å². The molecule has 1 saturated heterocycles. The molecule has 0 radical (unpaired) electrons. The lowest BCUT2D eigenvalue weighted by Gasteiger charge is -2.29. The van der Waals surface area contributed by atoms with Crippen LogP contribution in [0.5, 0.6) is 0 Å². The summed E-state index contributed by atoms with van der Waals surface area (Å²) in [7, 11) is 0. The average molecular weight is 266 g/mol. The first-order chi connectivity index (χ1) is 8.89. The van der Waals surface area contributed by atoms with Crippen molar-refractivity contribution in [1.29, 1.82) is 0 Å². The van der Waals surface area contributed by atoms with Gasteiger partial charge in [-0.15, -0.1) is 5.10 Å². The minimum Gasteiger partial charge on any atom is -0.384 e. The Kier molecular flexibility index (Phi) is 3.89. The maximum Gasteiger partial charge on any atom is 0.247 e. The van der Waals surface area contributed by atoms with Gasteiger partial charge in [0, 0.05) is 13.1 Å². The van der Waals surface area contributed by atoms with E-state index < -0.39 is 5.60 Å². The van der Waals surface area contributed by atoms with Gasteiger partial charge in [0.25, 0.3) is 0 Å². The minimum atomic E-state index is -1.04. The Hall–Kier alpha value is -1.43. The second kappa shape index (κ2) is 5.28. The van der Waals surface area contributed by atoms with Gasteiger partial charge < -0.3 is 10.0 Å². The molecule has 0 bridgehead atoms. The van der Waals surface area contributed by atoms with Crippen LogP contribution < -0.4 is 0 Å². The first-order valence-corrected chi connectivity index (χ1v) is 6.83. The second-order valence-corrected chi connectivity index (χ2v) is 5.70. The lowest BCUT2D eigenvalue weighted by Crippen LogP contribution is -2.39. The van der Waals surface area contributed by atoms with Gasteiger partial charge in [-0.3, -0.25) is 4.79 Å². The zero-order valence-corrected chi connectivity index (χ0v) is 11.8. The molecule has 1 unspecified atom stereocenters. The van der Waals surface area contributed by atoms with E-state index in [1.54, 1.807) is 20.0 Å². The van der Waals surface area contributed by atoms with Crippen LogP contribution in [0.25, 0.3) is 0 Å². The summed E-state index contributed by atoms with van der Waals surface area (Å²) in [6, 6.07) is -0.373. The summed E-state index contributed by atoms with van der Waals surface area (Å²) in [4.78, 5) is 14.2. The van der Waals surface area contributed by atoms with E-state index in [0.717, 1.165) is 25.9 Å². The summed E-state index contributed by atoms with van der Waals surface area (Å²) < 4.78 is 1.53. The van der Waals surface area contributed by atoms with Gasteiger partial charge in [0.1, 0.15) is 17.3 Å². The highest BCUT2D eigenvalue weighted by Crippen LogP contribution is 2.19. The number of carbonyl (C=O) groups excluding carboxylic acids is 1. The fourth-order valence-corrected chi connectivity index (χ4v) is 2.24. The first-order valence-electron chi connectivity index (χ1n) is 6.83. The van der Waals surface area contributed by atoms with Crippen molar-refractivity contribution in [3.05, 3.63) is 11.9 Å². The van der Waals surface area contributed by atoms with Crippen molar-refractivity contribution in [2.45, 2.75) is 51.7 Å². The number of likely N-dealkylation sites (tertiary alicyclic amines) is 1. The largest absolute Gasteiger partial charge is 0.384 e. The normalized spacial score (nSPS) is 18.4. The van der Waals surface area contributed by atoms with Crippen LogP contribution in [0.4, 0.5) is 0 Å². The Labute approximate surface area is 113 Å². The van der Waals surface area contributed by atoms with Gasteiger partial charge in [0.15, 0.2) is 0 Å². The highest BCUT2D eigenvalue weighted by molar-refractivity contribution is 5.80. The van der Waals surface area contributed by atoms with E-state index in [2.05, 4.69) is 10.3 Å². The zero-order chi connectivity index (χ0) is 14.0. The lowest BCUT2D eigenvalue weighted by molar-refractivity contribution is -0.135. The SMILES string of the molecule is CC(C(=O)N1CCCCC1)n1cc(C(C)(C)O)nn1. The fourth-order valence-electron chi connectivity index (χ4n) is 2.24. The molecule has 6 nitrogen and oxygen atoms in total. The molecule has 1 amide bonds. The molecule has 1 aromatic rings. The Morgan fingerprint density at radius 2 is 2.00 bits per heavy atom. The van der Waals surface area contributed by atoms with E-state index >= 15 is 0 Å². The molecule has 19 heavy (non-hydrogen) atoms. The number of amides is 1. The number of carbonyl (C=O) groups is 1. The number of aromatic nitrogens is 3. The van der Waals surface area contributed by atoms with Crippen molar-refractivity contribution in [2.24, 2.45) is 0 Å². The predicted octanol–water partition coefficient (Wildman–Crippen LogP) is 1.08. The third-order valence-electron chi connectivity index (χ3n) is 3.56. The van der Waals surface area contributed by atoms with Crippen LogP contribution in [0, 0.1) is 0 Å². The van der Waals surface area contributed by atoms with E-state index in [1.807, 2.05) is 11.8 Å². The van der Waals surface area contributed by atoms with E-state index in [-0.39, 0.29) is 11.9 Å². The van der Waals surface area contributed by atoms with E-state index in [1.165, 1.54) is 11.1 Å². The smallest absolute Gasteiger partial charge is 0.247 e. The molecular formula is C13H22N4O2. The molecular weight excluding hydrogens is 244 g/mol. The Morgan fingerprint density at radius 1 is 1.37 bits per heavy atom. The molecule has 0 saturated carbocycles. The predicted molar refractivity (Wildman–Crippen MR) is 70.4 cm³/mol. The summed E-state index contributed by atoms with van der Waals surface area (Å²) in [5.74, 6) is 0.0758. The van der Waals surface area contributed by atoms with Crippen LogP contribution in [0.2, 0.25) is 0 Å². The number of hydrogen-bond donors (Lipinski definition) is 1. The Balaban J connectivity index is 2.08. The maximum absolute atomic E-state index is 12.3. The number of hydrogen-bond acceptors (Lipinski definition) is 4. The molecule has 0 spiro atoms. The highest BCUT2D eigenvalue weighted by atomic mass is 16.3. The van der Waals surface area contributed by atoms with E-state index in [9.17, 15) is 9.90 Å². The molecule has 1 atom stereocenters. The lowest BCUT2D eigenvalue weighted by atomic mass is 10.1. The number of aliphatic hydroxyl groups is 1. The van der Waals surface area contributed by atoms with Gasteiger partial charge in [-0.05, 0) is 40.0 Å². The van der Waals surface area contributed by atoms with Gasteiger partial charge in [0.05, 0.1) is 6.20 Å². The molecule has 2 rings (SSSR count). The van der Waals surface area contributed by atoms with Crippen LogP contribution in [-0.2, 0) is 10.4 Å². The molecule has 0 aromatic carbocycles. The number of nitrogens with zero attached hydrogens (tertiary/aromatic N) is 4. The number of rotatable bonds is 3. The quantitative estimate of drug-likeness (QED) is 0.888. The third-order valence-corrected chi connectivity index (χ3v) is 3.56. The maximum atomic E-state index is 12.3.